The number of nitrogen functional groups attached to an aromatic ring is 1. The molecule has 72 valence electrons. The maximum Gasteiger partial charge on any atom is 0.325 e. The number of carboxylic acids is 1. The van der Waals surface area contributed by atoms with E-state index in [9.17, 15) is 4.79 Å². The van der Waals surface area contributed by atoms with Crippen molar-refractivity contribution in [3.05, 3.63) is 6.07 Å². The summed E-state index contributed by atoms with van der Waals surface area (Å²) in [5, 5.41) is 13.3. The number of nitrogens with zero attached hydrogens (tertiary/aromatic N) is 2. The summed E-state index contributed by atoms with van der Waals surface area (Å²) in [6, 6.07) is 1.68. The molecule has 5 nitrogen and oxygen atoms in total. The van der Waals surface area contributed by atoms with E-state index in [0.29, 0.717) is 5.82 Å². The van der Waals surface area contributed by atoms with Crippen LogP contribution in [0.5, 0.6) is 0 Å². The first-order valence-corrected chi connectivity index (χ1v) is 4.80. The first kappa shape index (κ1) is 9.91. The van der Waals surface area contributed by atoms with Gasteiger partial charge in [0, 0.05) is 6.07 Å². The molecule has 1 heterocycles. The Kier molecular flexibility index (Phi) is 3.18. The normalized spacial score (nSPS) is 10.2. The van der Waals surface area contributed by atoms with Crippen molar-refractivity contribution in [1.82, 2.24) is 9.78 Å². The van der Waals surface area contributed by atoms with Gasteiger partial charge in [-0.25, -0.2) is 4.68 Å². The van der Waals surface area contributed by atoms with E-state index in [4.69, 9.17) is 10.8 Å². The van der Waals surface area contributed by atoms with Gasteiger partial charge in [-0.3, -0.25) is 4.79 Å². The number of hydrogen-bond donors (Lipinski definition) is 2. The Bertz CT molecular complexity index is 311. The molecule has 0 radical (unpaired) electrons. The van der Waals surface area contributed by atoms with Crippen molar-refractivity contribution in [1.29, 1.82) is 0 Å². The Hall–Kier alpha value is -1.17. The predicted molar refractivity (Wildman–Crippen MR) is 50.7 cm³/mol. The average Bonchev–Trinajstić information content (AvgIpc) is 2.31. The molecule has 0 fully saturated rings. The molecule has 0 saturated carbocycles. The molecular weight excluding hydrogens is 190 g/mol. The highest BCUT2D eigenvalue weighted by Gasteiger charge is 2.07. The van der Waals surface area contributed by atoms with E-state index in [0.717, 1.165) is 10.8 Å². The molecule has 3 N–H and O–H groups in total. The maximum atomic E-state index is 10.4. The second kappa shape index (κ2) is 4.18. The second-order valence-corrected chi connectivity index (χ2v) is 3.68. The Morgan fingerprint density at radius 1 is 1.85 bits per heavy atom. The second-order valence-electron chi connectivity index (χ2n) is 2.39. The number of aromatic nitrogens is 2. The summed E-state index contributed by atoms with van der Waals surface area (Å²) in [6.07, 6.45) is 0. The van der Waals surface area contributed by atoms with Crippen molar-refractivity contribution in [2.45, 2.75) is 18.5 Å². The van der Waals surface area contributed by atoms with Crippen molar-refractivity contribution < 1.29 is 9.90 Å². The lowest BCUT2D eigenvalue weighted by atomic mass is 10.6. The van der Waals surface area contributed by atoms with Crippen molar-refractivity contribution in [2.75, 3.05) is 11.5 Å². The van der Waals surface area contributed by atoms with Crippen LogP contribution >= 0.6 is 11.8 Å². The van der Waals surface area contributed by atoms with Crippen LogP contribution < -0.4 is 5.73 Å². The van der Waals surface area contributed by atoms with Gasteiger partial charge in [0.1, 0.15) is 17.4 Å². The third-order valence-corrected chi connectivity index (χ3v) is 2.15. The van der Waals surface area contributed by atoms with Gasteiger partial charge < -0.3 is 10.8 Å². The highest BCUT2D eigenvalue weighted by atomic mass is 32.2. The largest absolute Gasteiger partial charge is 0.480 e. The molecule has 0 amide bonds. The molecule has 1 aromatic rings. The molecule has 13 heavy (non-hydrogen) atoms. The zero-order valence-corrected chi connectivity index (χ0v) is 8.04. The van der Waals surface area contributed by atoms with Crippen molar-refractivity contribution in [2.24, 2.45) is 0 Å². The summed E-state index contributed by atoms with van der Waals surface area (Å²) in [4.78, 5) is 10.4. The van der Waals surface area contributed by atoms with Crippen LogP contribution in [0, 0.1) is 0 Å². The standard InChI is InChI=1S/C7H11N3O2S/c1-2-13-6-3-5(8)10(9-6)4-7(11)12/h3H,2,4,8H2,1H3,(H,11,12). The molecule has 0 atom stereocenters. The lowest BCUT2D eigenvalue weighted by molar-refractivity contribution is -0.137. The minimum atomic E-state index is -0.942. The van der Waals surface area contributed by atoms with E-state index >= 15 is 0 Å². The fourth-order valence-electron chi connectivity index (χ4n) is 0.880. The maximum absolute atomic E-state index is 10.4. The lowest BCUT2D eigenvalue weighted by Gasteiger charge is -1.97. The van der Waals surface area contributed by atoms with Gasteiger partial charge in [-0.1, -0.05) is 6.92 Å². The van der Waals surface area contributed by atoms with Crippen LogP contribution in [-0.4, -0.2) is 26.6 Å². The number of hydrogen-bond acceptors (Lipinski definition) is 4. The van der Waals surface area contributed by atoms with Gasteiger partial charge in [0.25, 0.3) is 0 Å². The first-order valence-electron chi connectivity index (χ1n) is 3.81. The zero-order chi connectivity index (χ0) is 9.84. The summed E-state index contributed by atoms with van der Waals surface area (Å²) in [5.41, 5.74) is 5.54. The minimum absolute atomic E-state index is 0.184. The number of aliphatic carboxylic acids is 1. The van der Waals surface area contributed by atoms with Gasteiger partial charge >= 0.3 is 5.97 Å². The van der Waals surface area contributed by atoms with E-state index in [1.807, 2.05) is 6.92 Å². The number of carboxylic acid groups (broad SMARTS) is 1. The number of nitrogens with two attached hydrogens (primary N) is 1. The smallest absolute Gasteiger partial charge is 0.325 e. The third-order valence-electron chi connectivity index (χ3n) is 1.37. The molecule has 0 aromatic carbocycles. The number of rotatable bonds is 4. The van der Waals surface area contributed by atoms with E-state index in [1.165, 1.54) is 16.4 Å². The quantitative estimate of drug-likeness (QED) is 0.699. The van der Waals surface area contributed by atoms with E-state index in [2.05, 4.69) is 5.10 Å². The van der Waals surface area contributed by atoms with Crippen LogP contribution in [0.15, 0.2) is 11.1 Å². The van der Waals surface area contributed by atoms with Crippen LogP contribution in [0.25, 0.3) is 0 Å². The topological polar surface area (TPSA) is 81.1 Å². The van der Waals surface area contributed by atoms with Gasteiger partial charge in [-0.05, 0) is 5.75 Å². The summed E-state index contributed by atoms with van der Waals surface area (Å²) in [6.45, 7) is 1.81. The minimum Gasteiger partial charge on any atom is -0.480 e. The van der Waals surface area contributed by atoms with Gasteiger partial charge in [0.05, 0.1) is 0 Å². The highest BCUT2D eigenvalue weighted by Crippen LogP contribution is 2.18. The first-order chi connectivity index (χ1) is 6.13. The molecule has 0 aliphatic rings. The lowest BCUT2D eigenvalue weighted by Crippen LogP contribution is -2.12. The monoisotopic (exact) mass is 201 g/mol. The molecule has 1 rings (SSSR count). The summed E-state index contributed by atoms with van der Waals surface area (Å²) in [5.74, 6) is 0.338. The molecule has 0 aliphatic carbocycles. The highest BCUT2D eigenvalue weighted by molar-refractivity contribution is 7.99. The molecule has 1 aromatic heterocycles. The Morgan fingerprint density at radius 2 is 2.54 bits per heavy atom. The van der Waals surface area contributed by atoms with Crippen molar-refractivity contribution in [3.8, 4) is 0 Å². The van der Waals surface area contributed by atoms with E-state index < -0.39 is 5.97 Å². The van der Waals surface area contributed by atoms with Crippen LogP contribution in [0.3, 0.4) is 0 Å². The SMILES string of the molecule is CCSc1cc(N)n(CC(=O)O)n1. The van der Waals surface area contributed by atoms with Crippen LogP contribution in [0.1, 0.15) is 6.92 Å². The van der Waals surface area contributed by atoms with Gasteiger partial charge in [0.15, 0.2) is 0 Å². The molecule has 0 spiro atoms. The zero-order valence-electron chi connectivity index (χ0n) is 7.23. The molecule has 6 heteroatoms. The van der Waals surface area contributed by atoms with Crippen LogP contribution in [0.4, 0.5) is 5.82 Å². The molecule has 0 saturated heterocycles. The Balaban J connectivity index is 2.77. The fourth-order valence-corrected chi connectivity index (χ4v) is 1.54. The van der Waals surface area contributed by atoms with E-state index in [-0.39, 0.29) is 6.54 Å². The molecular formula is C7H11N3O2S. The molecule has 0 unspecified atom stereocenters. The molecule has 0 bridgehead atoms. The number of thioether (sulfide) groups is 1. The predicted octanol–water partition coefficient (Wildman–Crippen LogP) is 0.662. The molecule has 0 aliphatic heterocycles. The number of anilines is 1. The van der Waals surface area contributed by atoms with Gasteiger partial charge in [-0.2, -0.15) is 5.10 Å². The van der Waals surface area contributed by atoms with Crippen molar-refractivity contribution >= 4 is 23.5 Å². The Labute approximate surface area is 79.9 Å². The Morgan fingerprint density at radius 3 is 3.08 bits per heavy atom. The third kappa shape index (κ3) is 2.66. The number of carbonyl (C=O) groups is 1. The summed E-state index contributed by atoms with van der Waals surface area (Å²) >= 11 is 1.53. The van der Waals surface area contributed by atoms with Crippen LogP contribution in [0.2, 0.25) is 0 Å². The summed E-state index contributed by atoms with van der Waals surface area (Å²) in [7, 11) is 0. The average molecular weight is 201 g/mol. The van der Waals surface area contributed by atoms with E-state index in [1.54, 1.807) is 6.07 Å². The fraction of sp³-hybridized carbons (Fsp3) is 0.429. The summed E-state index contributed by atoms with van der Waals surface area (Å²) < 4.78 is 1.28. The van der Waals surface area contributed by atoms with Gasteiger partial charge in [-0.15, -0.1) is 11.8 Å². The van der Waals surface area contributed by atoms with Crippen molar-refractivity contribution in [3.63, 3.8) is 0 Å². The van der Waals surface area contributed by atoms with Gasteiger partial charge in [0.2, 0.25) is 0 Å². The van der Waals surface area contributed by atoms with Crippen LogP contribution in [-0.2, 0) is 11.3 Å².